The van der Waals surface area contributed by atoms with E-state index < -0.39 is 29.1 Å². The van der Waals surface area contributed by atoms with Crippen LogP contribution in [-0.4, -0.2) is 33.5 Å². The Morgan fingerprint density at radius 1 is 1.09 bits per heavy atom. The minimum atomic E-state index is -1.71. The summed E-state index contributed by atoms with van der Waals surface area (Å²) in [4.78, 5) is 30.4. The van der Waals surface area contributed by atoms with E-state index in [1.54, 1.807) is 19.1 Å². The van der Waals surface area contributed by atoms with Crippen molar-refractivity contribution >= 4 is 11.9 Å². The summed E-state index contributed by atoms with van der Waals surface area (Å²) in [6, 6.07) is 6.62. The Kier molecular flexibility index (Phi) is 5.45. The quantitative estimate of drug-likeness (QED) is 0.584. The van der Waals surface area contributed by atoms with Crippen molar-refractivity contribution in [3.63, 3.8) is 0 Å². The molecule has 2 heterocycles. The molecule has 1 aliphatic heterocycles. The minimum Gasteiger partial charge on any atom is -0.339 e. The zero-order valence-corrected chi connectivity index (χ0v) is 17.3. The van der Waals surface area contributed by atoms with Crippen molar-refractivity contribution in [3.8, 4) is 11.4 Å². The van der Waals surface area contributed by atoms with Crippen LogP contribution in [0, 0.1) is 24.4 Å². The van der Waals surface area contributed by atoms with Crippen LogP contribution in [-0.2, 0) is 16.8 Å². The molecule has 0 radical (unpaired) electrons. The number of aromatic nitrogens is 2. The van der Waals surface area contributed by atoms with Gasteiger partial charge in [0.2, 0.25) is 11.7 Å². The maximum Gasteiger partial charge on any atom is 0.325 e. The lowest BCUT2D eigenvalue weighted by atomic mass is 9.91. The third-order valence-electron chi connectivity index (χ3n) is 5.41. The summed E-state index contributed by atoms with van der Waals surface area (Å²) in [6.45, 7) is 2.98. The summed E-state index contributed by atoms with van der Waals surface area (Å²) in [5, 5.41) is 6.27. The van der Waals surface area contributed by atoms with Gasteiger partial charge in [-0.25, -0.2) is 18.0 Å². The monoisotopic (exact) mass is 444 g/mol. The number of nitrogens with one attached hydrogen (secondary N) is 1. The van der Waals surface area contributed by atoms with E-state index in [2.05, 4.69) is 15.5 Å². The molecule has 1 fully saturated rings. The molecule has 7 nitrogen and oxygen atoms in total. The van der Waals surface area contributed by atoms with E-state index in [0.29, 0.717) is 17.5 Å². The standard InChI is InChI=1S/C22H19F3N4O3/c1-12-5-6-13(10-17(12)25)19-26-18(32-28-19)4-3-9-29-20(30)22(2,27-21(29)31)15-11-14(23)7-8-16(15)24/h5-8,10-11H,3-4,9H2,1-2H3,(H,27,31). The molecule has 32 heavy (non-hydrogen) atoms. The third kappa shape index (κ3) is 3.83. The third-order valence-corrected chi connectivity index (χ3v) is 5.41. The molecule has 3 aromatic rings. The van der Waals surface area contributed by atoms with E-state index in [0.717, 1.165) is 23.1 Å². The van der Waals surface area contributed by atoms with Crippen LogP contribution in [0.3, 0.4) is 0 Å². The number of rotatable bonds is 6. The number of benzene rings is 2. The Bertz CT molecular complexity index is 1210. The molecule has 1 aromatic heterocycles. The predicted molar refractivity (Wildman–Crippen MR) is 107 cm³/mol. The number of nitrogens with zero attached hydrogens (tertiary/aromatic N) is 3. The molecule has 1 aliphatic rings. The largest absolute Gasteiger partial charge is 0.339 e. The highest BCUT2D eigenvalue weighted by atomic mass is 19.1. The molecule has 1 saturated heterocycles. The fourth-order valence-corrected chi connectivity index (χ4v) is 3.56. The summed E-state index contributed by atoms with van der Waals surface area (Å²) in [5.41, 5.74) is -0.998. The molecule has 3 amide bonds. The Hall–Kier alpha value is -3.69. The zero-order chi connectivity index (χ0) is 23.0. The van der Waals surface area contributed by atoms with Gasteiger partial charge < -0.3 is 9.84 Å². The topological polar surface area (TPSA) is 88.3 Å². The average Bonchev–Trinajstić information content (AvgIpc) is 3.30. The van der Waals surface area contributed by atoms with Gasteiger partial charge >= 0.3 is 6.03 Å². The van der Waals surface area contributed by atoms with Crippen molar-refractivity contribution in [1.29, 1.82) is 0 Å². The highest BCUT2D eigenvalue weighted by Crippen LogP contribution is 2.31. The van der Waals surface area contributed by atoms with Crippen molar-refractivity contribution in [2.24, 2.45) is 0 Å². The maximum atomic E-state index is 14.2. The Morgan fingerprint density at radius 2 is 1.88 bits per heavy atom. The number of hydrogen-bond donors (Lipinski definition) is 1. The number of carbonyl (C=O) groups is 2. The fraction of sp³-hybridized carbons (Fsp3) is 0.273. The van der Waals surface area contributed by atoms with E-state index in [-0.39, 0.29) is 36.1 Å². The lowest BCUT2D eigenvalue weighted by Crippen LogP contribution is -2.42. The summed E-state index contributed by atoms with van der Waals surface area (Å²) < 4.78 is 46.7. The Labute approximate surface area is 181 Å². The van der Waals surface area contributed by atoms with Crippen LogP contribution in [0.2, 0.25) is 0 Å². The first-order valence-electron chi connectivity index (χ1n) is 9.88. The van der Waals surface area contributed by atoms with Gasteiger partial charge in [-0.15, -0.1) is 0 Å². The van der Waals surface area contributed by atoms with Gasteiger partial charge in [0, 0.05) is 24.1 Å². The van der Waals surface area contributed by atoms with Gasteiger partial charge in [-0.1, -0.05) is 17.3 Å². The lowest BCUT2D eigenvalue weighted by Gasteiger charge is -2.22. The number of aryl methyl sites for hydroxylation is 2. The Balaban J connectivity index is 1.42. The van der Waals surface area contributed by atoms with Gasteiger partial charge in [0.05, 0.1) is 0 Å². The maximum absolute atomic E-state index is 14.2. The molecule has 4 rings (SSSR count). The molecule has 166 valence electrons. The number of amides is 3. The van der Waals surface area contributed by atoms with Gasteiger partial charge in [0.1, 0.15) is 23.0 Å². The molecular weight excluding hydrogens is 425 g/mol. The smallest absolute Gasteiger partial charge is 0.325 e. The second-order valence-corrected chi connectivity index (χ2v) is 7.72. The van der Waals surface area contributed by atoms with Crippen molar-refractivity contribution in [1.82, 2.24) is 20.4 Å². The molecule has 2 aromatic carbocycles. The van der Waals surface area contributed by atoms with Crippen LogP contribution in [0.4, 0.5) is 18.0 Å². The van der Waals surface area contributed by atoms with E-state index in [1.807, 2.05) is 0 Å². The molecule has 0 aliphatic carbocycles. The number of imide groups is 1. The molecule has 1 atom stereocenters. The number of carbonyl (C=O) groups excluding carboxylic acids is 2. The van der Waals surface area contributed by atoms with Crippen molar-refractivity contribution in [2.45, 2.75) is 32.2 Å². The Morgan fingerprint density at radius 3 is 2.62 bits per heavy atom. The van der Waals surface area contributed by atoms with Crippen LogP contribution < -0.4 is 5.32 Å². The zero-order valence-electron chi connectivity index (χ0n) is 17.3. The lowest BCUT2D eigenvalue weighted by molar-refractivity contribution is -0.131. The summed E-state index contributed by atoms with van der Waals surface area (Å²) in [7, 11) is 0. The summed E-state index contributed by atoms with van der Waals surface area (Å²) in [5.74, 6) is -2.10. The van der Waals surface area contributed by atoms with Gasteiger partial charge in [0.25, 0.3) is 5.91 Å². The van der Waals surface area contributed by atoms with Gasteiger partial charge in [-0.3, -0.25) is 9.69 Å². The fourth-order valence-electron chi connectivity index (χ4n) is 3.56. The molecule has 1 unspecified atom stereocenters. The second-order valence-electron chi connectivity index (χ2n) is 7.72. The summed E-state index contributed by atoms with van der Waals surface area (Å²) in [6.07, 6.45) is 0.550. The van der Waals surface area contributed by atoms with Gasteiger partial charge in [-0.05, 0) is 50.1 Å². The second kappa shape index (κ2) is 8.10. The van der Waals surface area contributed by atoms with E-state index in [9.17, 15) is 22.8 Å². The van der Waals surface area contributed by atoms with Crippen molar-refractivity contribution in [2.75, 3.05) is 6.54 Å². The van der Waals surface area contributed by atoms with Crippen LogP contribution in [0.15, 0.2) is 40.9 Å². The molecule has 0 bridgehead atoms. The summed E-state index contributed by atoms with van der Waals surface area (Å²) >= 11 is 0. The molecule has 10 heteroatoms. The number of halogens is 3. The molecular formula is C22H19F3N4O3. The average molecular weight is 444 g/mol. The van der Waals surface area contributed by atoms with Crippen LogP contribution in [0.5, 0.6) is 0 Å². The van der Waals surface area contributed by atoms with E-state index >= 15 is 0 Å². The highest BCUT2D eigenvalue weighted by Gasteiger charge is 2.50. The van der Waals surface area contributed by atoms with E-state index in [1.165, 1.54) is 13.0 Å². The first-order valence-corrected chi connectivity index (χ1v) is 9.88. The van der Waals surface area contributed by atoms with Crippen molar-refractivity contribution < 1.29 is 27.3 Å². The minimum absolute atomic E-state index is 0.00800. The highest BCUT2D eigenvalue weighted by molar-refractivity contribution is 6.07. The molecule has 1 N–H and O–H groups in total. The van der Waals surface area contributed by atoms with Gasteiger partial charge in [-0.2, -0.15) is 4.98 Å². The van der Waals surface area contributed by atoms with Crippen molar-refractivity contribution in [3.05, 3.63) is 70.9 Å². The molecule has 0 saturated carbocycles. The van der Waals surface area contributed by atoms with Crippen LogP contribution in [0.1, 0.15) is 30.4 Å². The first-order chi connectivity index (χ1) is 15.2. The first kappa shape index (κ1) is 21.5. The SMILES string of the molecule is Cc1ccc(-c2noc(CCCN3C(=O)NC(C)(c4cc(F)ccc4F)C3=O)n2)cc1F. The van der Waals surface area contributed by atoms with Gasteiger partial charge in [0.15, 0.2) is 0 Å². The van der Waals surface area contributed by atoms with Crippen LogP contribution in [0.25, 0.3) is 11.4 Å². The predicted octanol–water partition coefficient (Wildman–Crippen LogP) is 3.86. The van der Waals surface area contributed by atoms with Crippen LogP contribution >= 0.6 is 0 Å². The molecule has 0 spiro atoms. The number of hydrogen-bond acceptors (Lipinski definition) is 5. The van der Waals surface area contributed by atoms with E-state index in [4.69, 9.17) is 4.52 Å². The normalized spacial score (nSPS) is 18.3. The number of urea groups is 1.